The van der Waals surface area contributed by atoms with Gasteiger partial charge in [-0.25, -0.2) is 0 Å². The predicted octanol–water partition coefficient (Wildman–Crippen LogP) is -3.03. The van der Waals surface area contributed by atoms with Crippen molar-refractivity contribution in [1.82, 2.24) is 4.90 Å². The topological polar surface area (TPSA) is 63.6 Å². The van der Waals surface area contributed by atoms with Gasteiger partial charge in [0.2, 0.25) is 0 Å². The fraction of sp³-hybridized carbons (Fsp3) is 0.286. The Bertz CT molecular complexity index is 273. The van der Waals surface area contributed by atoms with E-state index >= 15 is 0 Å². The maximum Gasteiger partial charge on any atom is 1.00 e. The number of carboxylic acid groups (broad SMARTS) is 1. The first kappa shape index (κ1) is 15.2. The van der Waals surface area contributed by atoms with Gasteiger partial charge in [-0.15, -0.1) is 0 Å². The van der Waals surface area contributed by atoms with E-state index in [1.54, 1.807) is 12.4 Å². The standard InChI is InChI=1S/C7H7I2NO3.Na/c8-4-1-10(3-6(11)12)2-5(9)7(4)13;/h1-2,7,13H,3H2,(H,11,12);/q;+1/p-1. The van der Waals surface area contributed by atoms with Crippen LogP contribution in [0.5, 0.6) is 0 Å². The largest absolute Gasteiger partial charge is 1.00 e. The monoisotopic (exact) mass is 429 g/mol. The SMILES string of the molecule is O=C([O-])CN1C=C(I)C(O)C(I)=C1.[Na+]. The molecular formula is C7H6I2NNaO3. The summed E-state index contributed by atoms with van der Waals surface area (Å²) >= 11 is 3.94. The van der Waals surface area contributed by atoms with E-state index in [0.717, 1.165) is 0 Å². The third-order valence-electron chi connectivity index (χ3n) is 1.41. The summed E-state index contributed by atoms with van der Waals surface area (Å²) in [5, 5.41) is 19.7. The normalized spacial score (nSPS) is 16.9. The van der Waals surface area contributed by atoms with Crippen LogP contribution in [0.3, 0.4) is 0 Å². The first-order valence-electron chi connectivity index (χ1n) is 3.39. The van der Waals surface area contributed by atoms with Gasteiger partial charge < -0.3 is 19.9 Å². The van der Waals surface area contributed by atoms with Gasteiger partial charge in [0, 0.05) is 19.6 Å². The molecule has 0 aliphatic carbocycles. The zero-order valence-corrected chi connectivity index (χ0v) is 13.7. The minimum Gasteiger partial charge on any atom is -0.548 e. The average Bonchev–Trinajstić information content (AvgIpc) is 1.98. The number of hydrogen-bond donors (Lipinski definition) is 1. The van der Waals surface area contributed by atoms with Gasteiger partial charge in [-0.05, 0) is 45.2 Å². The molecule has 0 saturated carbocycles. The van der Waals surface area contributed by atoms with E-state index in [1.165, 1.54) is 4.90 Å². The van der Waals surface area contributed by atoms with E-state index in [4.69, 9.17) is 0 Å². The van der Waals surface area contributed by atoms with Gasteiger partial charge in [0.05, 0.1) is 12.5 Å². The Hall–Kier alpha value is 1.17. The number of nitrogens with zero attached hydrogens (tertiary/aromatic N) is 1. The van der Waals surface area contributed by atoms with Gasteiger partial charge in [-0.3, -0.25) is 0 Å². The molecule has 0 bridgehead atoms. The van der Waals surface area contributed by atoms with E-state index < -0.39 is 12.1 Å². The Kier molecular flexibility index (Phi) is 7.25. The smallest absolute Gasteiger partial charge is 0.548 e. The average molecular weight is 429 g/mol. The number of aliphatic hydroxyl groups is 1. The minimum atomic E-state index is -1.14. The Labute approximate surface area is 131 Å². The third-order valence-corrected chi connectivity index (χ3v) is 3.15. The molecule has 0 unspecified atom stereocenters. The van der Waals surface area contributed by atoms with E-state index in [0.29, 0.717) is 7.16 Å². The van der Waals surface area contributed by atoms with Crippen LogP contribution < -0.4 is 34.7 Å². The van der Waals surface area contributed by atoms with Crippen molar-refractivity contribution < 1.29 is 44.6 Å². The number of aliphatic carboxylic acids is 1. The van der Waals surface area contributed by atoms with E-state index in [-0.39, 0.29) is 36.1 Å². The van der Waals surface area contributed by atoms with Crippen molar-refractivity contribution in [2.75, 3.05) is 6.54 Å². The summed E-state index contributed by atoms with van der Waals surface area (Å²) in [4.78, 5) is 11.8. The van der Waals surface area contributed by atoms with Crippen LogP contribution in [-0.2, 0) is 4.79 Å². The summed E-state index contributed by atoms with van der Waals surface area (Å²) in [5.41, 5.74) is 0. The molecule has 1 rings (SSSR count). The van der Waals surface area contributed by atoms with Crippen LogP contribution in [-0.4, -0.2) is 28.6 Å². The molecule has 0 aromatic heterocycles. The number of carboxylic acids is 1. The molecule has 0 amide bonds. The van der Waals surface area contributed by atoms with Crippen molar-refractivity contribution in [1.29, 1.82) is 0 Å². The van der Waals surface area contributed by atoms with Crippen molar-refractivity contribution in [2.45, 2.75) is 6.10 Å². The molecule has 1 aliphatic heterocycles. The van der Waals surface area contributed by atoms with E-state index in [1.807, 2.05) is 45.2 Å². The van der Waals surface area contributed by atoms with Gasteiger partial charge in [0.15, 0.2) is 0 Å². The van der Waals surface area contributed by atoms with Crippen LogP contribution in [0.4, 0.5) is 0 Å². The van der Waals surface area contributed by atoms with Crippen LogP contribution in [0.15, 0.2) is 19.6 Å². The second-order valence-corrected chi connectivity index (χ2v) is 4.97. The van der Waals surface area contributed by atoms with Crippen molar-refractivity contribution in [3.8, 4) is 0 Å². The molecule has 1 aliphatic rings. The summed E-state index contributed by atoms with van der Waals surface area (Å²) in [6.45, 7) is -0.189. The Morgan fingerprint density at radius 3 is 2.29 bits per heavy atom. The number of rotatable bonds is 2. The van der Waals surface area contributed by atoms with Crippen LogP contribution in [0, 0.1) is 0 Å². The van der Waals surface area contributed by atoms with Gasteiger partial charge >= 0.3 is 29.6 Å². The van der Waals surface area contributed by atoms with Crippen molar-refractivity contribution in [3.63, 3.8) is 0 Å². The fourth-order valence-corrected chi connectivity index (χ4v) is 2.85. The van der Waals surface area contributed by atoms with Gasteiger partial charge in [-0.1, -0.05) is 0 Å². The first-order valence-corrected chi connectivity index (χ1v) is 5.54. The molecule has 0 aromatic rings. The quantitative estimate of drug-likeness (QED) is 0.375. The Balaban J connectivity index is 0.00000169. The second kappa shape index (κ2) is 6.69. The summed E-state index contributed by atoms with van der Waals surface area (Å²) in [5.74, 6) is -1.14. The predicted molar refractivity (Wildman–Crippen MR) is 61.9 cm³/mol. The maximum atomic E-state index is 10.3. The number of aliphatic hydroxyl groups excluding tert-OH is 1. The Morgan fingerprint density at radius 1 is 1.50 bits per heavy atom. The Morgan fingerprint density at radius 2 is 1.93 bits per heavy atom. The molecule has 1 N–H and O–H groups in total. The molecule has 7 heteroatoms. The van der Waals surface area contributed by atoms with Crippen LogP contribution >= 0.6 is 45.2 Å². The van der Waals surface area contributed by atoms with Gasteiger partial charge in [0.25, 0.3) is 0 Å². The molecule has 0 atom stereocenters. The van der Waals surface area contributed by atoms with Gasteiger partial charge in [-0.2, -0.15) is 0 Å². The second-order valence-electron chi connectivity index (χ2n) is 2.47. The molecular weight excluding hydrogens is 423 g/mol. The summed E-state index contributed by atoms with van der Waals surface area (Å²) in [6, 6.07) is 0. The molecule has 0 fully saturated rings. The maximum absolute atomic E-state index is 10.3. The van der Waals surface area contributed by atoms with Gasteiger partial charge in [0.1, 0.15) is 6.10 Å². The zero-order chi connectivity index (χ0) is 10.0. The zero-order valence-electron chi connectivity index (χ0n) is 7.41. The molecule has 0 spiro atoms. The molecule has 0 saturated heterocycles. The molecule has 0 aromatic carbocycles. The number of hydrogen-bond acceptors (Lipinski definition) is 4. The van der Waals surface area contributed by atoms with Crippen LogP contribution in [0.2, 0.25) is 0 Å². The molecule has 72 valence electrons. The summed E-state index contributed by atoms with van der Waals surface area (Å²) in [7, 11) is 0. The molecule has 4 nitrogen and oxygen atoms in total. The molecule has 0 radical (unpaired) electrons. The van der Waals surface area contributed by atoms with Crippen molar-refractivity contribution in [2.24, 2.45) is 0 Å². The van der Waals surface area contributed by atoms with Crippen LogP contribution in [0.25, 0.3) is 0 Å². The molecule has 1 heterocycles. The number of carbonyl (C=O) groups excluding carboxylic acids is 1. The van der Waals surface area contributed by atoms with Crippen LogP contribution in [0.1, 0.15) is 0 Å². The summed E-state index contributed by atoms with van der Waals surface area (Å²) < 4.78 is 1.40. The van der Waals surface area contributed by atoms with E-state index in [2.05, 4.69) is 0 Å². The fourth-order valence-electron chi connectivity index (χ4n) is 0.867. The third kappa shape index (κ3) is 4.35. The van der Waals surface area contributed by atoms with E-state index in [9.17, 15) is 15.0 Å². The first-order chi connectivity index (χ1) is 6.00. The minimum absolute atomic E-state index is 0. The molecule has 14 heavy (non-hydrogen) atoms. The van der Waals surface area contributed by atoms with Crippen molar-refractivity contribution in [3.05, 3.63) is 19.6 Å². The number of carbonyl (C=O) groups is 1. The number of halogens is 2. The summed E-state index contributed by atoms with van der Waals surface area (Å²) in [6.07, 6.45) is 2.56. The van der Waals surface area contributed by atoms with Crippen molar-refractivity contribution >= 4 is 51.2 Å².